The third-order valence-electron chi connectivity index (χ3n) is 4.58. The third kappa shape index (κ3) is 4.69. The van der Waals surface area contributed by atoms with E-state index in [4.69, 9.17) is 4.74 Å². The summed E-state index contributed by atoms with van der Waals surface area (Å²) in [5, 5.41) is 4.63. The minimum absolute atomic E-state index is 0.120. The number of halogens is 1. The molecule has 0 aliphatic heterocycles. The average Bonchev–Trinajstić information content (AvgIpc) is 3.22. The molecule has 0 radical (unpaired) electrons. The summed E-state index contributed by atoms with van der Waals surface area (Å²) in [6, 6.07) is 22.3. The van der Waals surface area contributed by atoms with Crippen molar-refractivity contribution >= 4 is 11.6 Å². The number of ether oxygens (including phenoxy) is 1. The summed E-state index contributed by atoms with van der Waals surface area (Å²) in [5.74, 6) is -1.17. The maximum absolute atomic E-state index is 13.8. The number of nitrogens with zero attached hydrogens (tertiary/aromatic N) is 3. The van der Waals surface area contributed by atoms with E-state index in [1.807, 2.05) is 60.7 Å². The van der Waals surface area contributed by atoms with Crippen LogP contribution in [-0.4, -0.2) is 27.8 Å². The van der Waals surface area contributed by atoms with Gasteiger partial charge in [-0.05, 0) is 11.6 Å². The Morgan fingerprint density at radius 2 is 1.77 bits per heavy atom. The van der Waals surface area contributed by atoms with Crippen molar-refractivity contribution in [1.82, 2.24) is 20.2 Å². The lowest BCUT2D eigenvalue weighted by molar-refractivity contribution is 0.0952. The number of benzene rings is 2. The van der Waals surface area contributed by atoms with Crippen LogP contribution < -0.4 is 15.6 Å². The van der Waals surface area contributed by atoms with Gasteiger partial charge in [0.1, 0.15) is 5.69 Å². The number of pyridine rings is 1. The Labute approximate surface area is 178 Å². The van der Waals surface area contributed by atoms with Crippen LogP contribution in [-0.2, 0) is 6.54 Å². The van der Waals surface area contributed by atoms with Crippen LogP contribution in [0.25, 0.3) is 11.3 Å². The summed E-state index contributed by atoms with van der Waals surface area (Å²) in [4.78, 5) is 16.7. The zero-order valence-corrected chi connectivity index (χ0v) is 16.7. The van der Waals surface area contributed by atoms with Crippen LogP contribution in [0.5, 0.6) is 5.88 Å². The Balaban J connectivity index is 1.58. The van der Waals surface area contributed by atoms with Gasteiger partial charge in [-0.3, -0.25) is 20.3 Å². The fourth-order valence-corrected chi connectivity index (χ4v) is 3.06. The number of hydrogen-bond donors (Lipinski definition) is 2. The number of hydrazine groups is 1. The number of aromatic nitrogens is 3. The monoisotopic (exact) mass is 417 g/mol. The van der Waals surface area contributed by atoms with E-state index >= 15 is 0 Å². The Kier molecular flexibility index (Phi) is 5.89. The molecule has 0 saturated carbocycles. The zero-order valence-electron chi connectivity index (χ0n) is 16.7. The second-order valence-corrected chi connectivity index (χ2v) is 6.72. The van der Waals surface area contributed by atoms with Crippen molar-refractivity contribution in [2.75, 3.05) is 12.5 Å². The number of amides is 1. The summed E-state index contributed by atoms with van der Waals surface area (Å²) < 4.78 is 20.3. The summed E-state index contributed by atoms with van der Waals surface area (Å²) in [5.41, 5.74) is 8.48. The molecule has 31 heavy (non-hydrogen) atoms. The van der Waals surface area contributed by atoms with E-state index in [1.54, 1.807) is 10.7 Å². The highest BCUT2D eigenvalue weighted by Gasteiger charge is 2.17. The molecule has 0 aliphatic carbocycles. The molecule has 8 heteroatoms. The van der Waals surface area contributed by atoms with Gasteiger partial charge in [0, 0.05) is 11.6 Å². The van der Waals surface area contributed by atoms with Crippen molar-refractivity contribution in [3.05, 3.63) is 96.1 Å². The first kappa shape index (κ1) is 20.1. The maximum Gasteiger partial charge on any atom is 0.287 e. The zero-order chi connectivity index (χ0) is 21.6. The van der Waals surface area contributed by atoms with Crippen molar-refractivity contribution in [1.29, 1.82) is 0 Å². The third-order valence-corrected chi connectivity index (χ3v) is 4.58. The Hall–Kier alpha value is -4.20. The van der Waals surface area contributed by atoms with Crippen LogP contribution in [0.4, 0.5) is 10.1 Å². The van der Waals surface area contributed by atoms with Crippen LogP contribution >= 0.6 is 0 Å². The van der Waals surface area contributed by atoms with Crippen molar-refractivity contribution in [2.24, 2.45) is 0 Å². The van der Waals surface area contributed by atoms with Crippen molar-refractivity contribution in [2.45, 2.75) is 6.54 Å². The molecule has 0 atom stereocenters. The lowest BCUT2D eigenvalue weighted by atomic mass is 10.1. The average molecular weight is 417 g/mol. The van der Waals surface area contributed by atoms with Gasteiger partial charge < -0.3 is 4.74 Å². The molecule has 0 bridgehead atoms. The van der Waals surface area contributed by atoms with E-state index in [0.29, 0.717) is 17.9 Å². The van der Waals surface area contributed by atoms with Crippen LogP contribution in [0, 0.1) is 5.82 Å². The van der Waals surface area contributed by atoms with Gasteiger partial charge in [-0.25, -0.2) is 9.37 Å². The first-order valence-electron chi connectivity index (χ1n) is 9.57. The van der Waals surface area contributed by atoms with Gasteiger partial charge in [0.25, 0.3) is 5.91 Å². The number of anilines is 1. The van der Waals surface area contributed by atoms with E-state index < -0.39 is 11.7 Å². The minimum Gasteiger partial charge on any atom is -0.479 e. The molecule has 1 amide bonds. The normalized spacial score (nSPS) is 10.5. The van der Waals surface area contributed by atoms with Gasteiger partial charge in [-0.15, -0.1) is 0 Å². The molecule has 2 aromatic carbocycles. The van der Waals surface area contributed by atoms with E-state index in [2.05, 4.69) is 20.9 Å². The lowest BCUT2D eigenvalue weighted by Gasteiger charge is -2.11. The standard InChI is InChI=1S/C23H20FN5O2/c1-31-23-19(24)12-18(14-25-23)26-27-22(30)21-13-20(17-10-6-3-7-11-17)28-29(21)15-16-8-4-2-5-9-16/h2-14,26H,15H2,1H3,(H,27,30). The van der Waals surface area contributed by atoms with Crippen LogP contribution in [0.2, 0.25) is 0 Å². The molecule has 2 aromatic heterocycles. The molecule has 0 fully saturated rings. The summed E-state index contributed by atoms with van der Waals surface area (Å²) >= 11 is 0. The van der Waals surface area contributed by atoms with Gasteiger partial charge in [0.15, 0.2) is 5.82 Å². The predicted molar refractivity (Wildman–Crippen MR) is 115 cm³/mol. The van der Waals surface area contributed by atoms with E-state index in [0.717, 1.165) is 11.1 Å². The Morgan fingerprint density at radius 1 is 1.06 bits per heavy atom. The first-order chi connectivity index (χ1) is 15.1. The molecule has 4 aromatic rings. The van der Waals surface area contributed by atoms with E-state index in [1.165, 1.54) is 19.4 Å². The predicted octanol–water partition coefficient (Wildman–Crippen LogP) is 3.90. The van der Waals surface area contributed by atoms with Gasteiger partial charge >= 0.3 is 0 Å². The number of nitrogens with one attached hydrogen (secondary N) is 2. The molecule has 156 valence electrons. The number of rotatable bonds is 7. The molecule has 2 N–H and O–H groups in total. The van der Waals surface area contributed by atoms with E-state index in [9.17, 15) is 9.18 Å². The Morgan fingerprint density at radius 3 is 2.45 bits per heavy atom. The largest absolute Gasteiger partial charge is 0.479 e. The number of methoxy groups -OCH3 is 1. The maximum atomic E-state index is 13.8. The molecular weight excluding hydrogens is 397 g/mol. The highest BCUT2D eigenvalue weighted by molar-refractivity contribution is 5.94. The topological polar surface area (TPSA) is 81.1 Å². The molecule has 2 heterocycles. The van der Waals surface area contributed by atoms with Gasteiger partial charge in [-0.1, -0.05) is 60.7 Å². The molecule has 7 nitrogen and oxygen atoms in total. The molecule has 0 aliphatic rings. The lowest BCUT2D eigenvalue weighted by Crippen LogP contribution is -2.31. The van der Waals surface area contributed by atoms with Crippen molar-refractivity contribution < 1.29 is 13.9 Å². The fourth-order valence-electron chi connectivity index (χ4n) is 3.06. The first-order valence-corrected chi connectivity index (χ1v) is 9.57. The van der Waals surface area contributed by atoms with Gasteiger partial charge in [0.2, 0.25) is 5.88 Å². The second kappa shape index (κ2) is 9.08. The number of hydrogen-bond acceptors (Lipinski definition) is 5. The molecule has 4 rings (SSSR count). The van der Waals surface area contributed by atoms with Crippen LogP contribution in [0.1, 0.15) is 16.1 Å². The van der Waals surface area contributed by atoms with Gasteiger partial charge in [0.05, 0.1) is 31.2 Å². The van der Waals surface area contributed by atoms with Crippen LogP contribution in [0.3, 0.4) is 0 Å². The quantitative estimate of drug-likeness (QED) is 0.446. The molecule has 0 saturated heterocycles. The number of carbonyl (C=O) groups is 1. The smallest absolute Gasteiger partial charge is 0.287 e. The molecule has 0 spiro atoms. The summed E-state index contributed by atoms with van der Waals surface area (Å²) in [7, 11) is 1.33. The van der Waals surface area contributed by atoms with Gasteiger partial charge in [-0.2, -0.15) is 5.10 Å². The highest BCUT2D eigenvalue weighted by Crippen LogP contribution is 2.20. The summed E-state index contributed by atoms with van der Waals surface area (Å²) in [6.45, 7) is 0.426. The minimum atomic E-state index is -0.637. The molecular formula is C23H20FN5O2. The summed E-state index contributed by atoms with van der Waals surface area (Å²) in [6.07, 6.45) is 1.36. The molecule has 0 unspecified atom stereocenters. The van der Waals surface area contributed by atoms with E-state index in [-0.39, 0.29) is 11.6 Å². The fraction of sp³-hybridized carbons (Fsp3) is 0.0870. The SMILES string of the molecule is COc1ncc(NNC(=O)c2cc(-c3ccccc3)nn2Cc2ccccc2)cc1F. The van der Waals surface area contributed by atoms with Crippen molar-refractivity contribution in [3.8, 4) is 17.1 Å². The highest BCUT2D eigenvalue weighted by atomic mass is 19.1. The van der Waals surface area contributed by atoms with Crippen LogP contribution in [0.15, 0.2) is 79.0 Å². The second-order valence-electron chi connectivity index (χ2n) is 6.72. The Bertz CT molecular complexity index is 1180. The van der Waals surface area contributed by atoms with Crippen molar-refractivity contribution in [3.63, 3.8) is 0 Å². The number of carbonyl (C=O) groups excluding carboxylic acids is 1.